The summed E-state index contributed by atoms with van der Waals surface area (Å²) in [6.07, 6.45) is -1.53. The van der Waals surface area contributed by atoms with Crippen molar-refractivity contribution in [2.45, 2.75) is 13.1 Å². The van der Waals surface area contributed by atoms with Crippen LogP contribution < -0.4 is 15.0 Å². The number of thiophene rings is 1. The first-order valence-electron chi connectivity index (χ1n) is 10.2. The fourth-order valence-electron chi connectivity index (χ4n) is 3.73. The molecule has 4 aromatic heterocycles. The number of ether oxygens (including phenoxy) is 1. The molecule has 1 aliphatic heterocycles. The molecule has 0 aromatic carbocycles. The molecule has 1 saturated heterocycles. The maximum atomic E-state index is 14.2. The molecule has 0 spiro atoms. The Balaban J connectivity index is 1.80. The van der Waals surface area contributed by atoms with E-state index < -0.39 is 11.7 Å². The van der Waals surface area contributed by atoms with Crippen molar-refractivity contribution in [3.8, 4) is 17.1 Å². The number of nitrogens with zero attached hydrogens (tertiary/aromatic N) is 5. The third kappa shape index (κ3) is 3.71. The lowest BCUT2D eigenvalue weighted by atomic mass is 10.1. The van der Waals surface area contributed by atoms with Crippen LogP contribution in [-0.2, 0) is 6.18 Å². The van der Waals surface area contributed by atoms with Gasteiger partial charge in [0.05, 0.1) is 23.3 Å². The van der Waals surface area contributed by atoms with Gasteiger partial charge in [0, 0.05) is 44.1 Å². The summed E-state index contributed by atoms with van der Waals surface area (Å²) in [7, 11) is 0. The predicted molar refractivity (Wildman–Crippen MR) is 117 cm³/mol. The summed E-state index contributed by atoms with van der Waals surface area (Å²) in [5, 5.41) is 3.22. The van der Waals surface area contributed by atoms with Crippen molar-refractivity contribution in [1.82, 2.24) is 25.3 Å². The molecule has 32 heavy (non-hydrogen) atoms. The van der Waals surface area contributed by atoms with Crippen LogP contribution in [0.2, 0.25) is 0 Å². The minimum absolute atomic E-state index is 0.0233. The number of halogens is 3. The van der Waals surface area contributed by atoms with Gasteiger partial charge in [-0.25, -0.2) is 9.97 Å². The van der Waals surface area contributed by atoms with Crippen molar-refractivity contribution in [1.29, 1.82) is 0 Å². The molecule has 0 amide bonds. The zero-order valence-electron chi connectivity index (χ0n) is 17.1. The van der Waals surface area contributed by atoms with E-state index in [9.17, 15) is 13.2 Å². The Morgan fingerprint density at radius 1 is 1.19 bits per heavy atom. The smallest absolute Gasteiger partial charge is 0.417 e. The average Bonchev–Trinajstić information content (AvgIpc) is 3.18. The van der Waals surface area contributed by atoms with Gasteiger partial charge >= 0.3 is 6.18 Å². The van der Waals surface area contributed by atoms with Crippen LogP contribution in [0.25, 0.3) is 31.7 Å². The van der Waals surface area contributed by atoms with Crippen molar-refractivity contribution < 1.29 is 17.9 Å². The van der Waals surface area contributed by atoms with Gasteiger partial charge in [0.2, 0.25) is 11.8 Å². The highest BCUT2D eigenvalue weighted by molar-refractivity contribution is 7.25. The molecule has 0 aliphatic carbocycles. The average molecular weight is 460 g/mol. The van der Waals surface area contributed by atoms with E-state index in [2.05, 4.69) is 25.3 Å². The molecule has 1 fully saturated rings. The van der Waals surface area contributed by atoms with E-state index in [0.717, 1.165) is 30.5 Å². The Hall–Kier alpha value is -3.05. The molecule has 0 atom stereocenters. The second-order valence-corrected chi connectivity index (χ2v) is 8.25. The highest BCUT2D eigenvalue weighted by Gasteiger charge is 2.36. The molecule has 7 nitrogen and oxygen atoms in total. The number of hydrogen-bond acceptors (Lipinski definition) is 8. The van der Waals surface area contributed by atoms with Gasteiger partial charge in [0.1, 0.15) is 15.0 Å². The minimum atomic E-state index is -4.59. The molecule has 5 heterocycles. The topological polar surface area (TPSA) is 76.1 Å². The molecule has 11 heteroatoms. The lowest BCUT2D eigenvalue weighted by molar-refractivity contribution is -0.136. The zero-order chi connectivity index (χ0) is 22.3. The first-order chi connectivity index (χ1) is 15.5. The van der Waals surface area contributed by atoms with Gasteiger partial charge in [-0.3, -0.25) is 4.98 Å². The summed E-state index contributed by atoms with van der Waals surface area (Å²) in [5.74, 6) is 0.650. The second kappa shape index (κ2) is 8.14. The number of pyridine rings is 2. The third-order valence-electron chi connectivity index (χ3n) is 5.19. The molecule has 0 saturated carbocycles. The number of hydrogen-bond donors (Lipinski definition) is 1. The minimum Gasteiger partial charge on any atom is -0.477 e. The van der Waals surface area contributed by atoms with E-state index in [1.807, 2.05) is 11.8 Å². The van der Waals surface area contributed by atoms with E-state index in [1.54, 1.807) is 18.3 Å². The van der Waals surface area contributed by atoms with E-state index in [4.69, 9.17) is 4.74 Å². The van der Waals surface area contributed by atoms with Gasteiger partial charge in [-0.15, -0.1) is 11.3 Å². The van der Waals surface area contributed by atoms with Crippen LogP contribution in [0.5, 0.6) is 5.88 Å². The van der Waals surface area contributed by atoms with Crippen LogP contribution in [0.3, 0.4) is 0 Å². The number of piperazine rings is 1. The molecular weight excluding hydrogens is 441 g/mol. The molecule has 1 aliphatic rings. The molecular formula is C21H19F3N6OS. The van der Waals surface area contributed by atoms with Crippen LogP contribution >= 0.6 is 11.3 Å². The van der Waals surface area contributed by atoms with Crippen molar-refractivity contribution in [2.24, 2.45) is 0 Å². The summed E-state index contributed by atoms with van der Waals surface area (Å²) < 4.78 is 48.8. The first-order valence-corrected chi connectivity index (χ1v) is 11.0. The largest absolute Gasteiger partial charge is 0.477 e. The lowest BCUT2D eigenvalue weighted by Gasteiger charge is -2.27. The van der Waals surface area contributed by atoms with Gasteiger partial charge in [-0.05, 0) is 25.1 Å². The Kier molecular flexibility index (Phi) is 5.30. The molecule has 0 bridgehead atoms. The Morgan fingerprint density at radius 3 is 2.69 bits per heavy atom. The second-order valence-electron chi connectivity index (χ2n) is 7.25. The molecule has 1 N–H and O–H groups in total. The number of alkyl halides is 3. The Morgan fingerprint density at radius 2 is 2.00 bits per heavy atom. The monoisotopic (exact) mass is 460 g/mol. The van der Waals surface area contributed by atoms with Gasteiger partial charge in [0.25, 0.3) is 0 Å². The maximum absolute atomic E-state index is 14.2. The lowest BCUT2D eigenvalue weighted by Crippen LogP contribution is -2.44. The Labute approximate surface area is 185 Å². The quantitative estimate of drug-likeness (QED) is 0.491. The van der Waals surface area contributed by atoms with Crippen molar-refractivity contribution in [3.05, 3.63) is 36.2 Å². The normalized spacial score (nSPS) is 14.9. The first kappa shape index (κ1) is 20.8. The van der Waals surface area contributed by atoms with Crippen LogP contribution in [0.4, 0.5) is 19.1 Å². The molecule has 0 unspecified atom stereocenters. The van der Waals surface area contributed by atoms with E-state index in [1.165, 1.54) is 6.20 Å². The standard InChI is InChI=1S/C21H19F3N6OS/c1-2-31-18-17-16(28-20(29-18)30-8-6-25-7-9-30)15-13(21(22,23)24)10-14(27-19(15)32-17)12-4-3-5-26-11-12/h3-5,10-11,25H,2,6-9H2,1H3. The number of nitrogens with one attached hydrogen (secondary N) is 1. The summed E-state index contributed by atoms with van der Waals surface area (Å²) in [4.78, 5) is 19.8. The molecule has 0 radical (unpaired) electrons. The highest BCUT2D eigenvalue weighted by atomic mass is 32.1. The van der Waals surface area contributed by atoms with Crippen LogP contribution in [0.1, 0.15) is 12.5 Å². The van der Waals surface area contributed by atoms with Crippen molar-refractivity contribution >= 4 is 37.7 Å². The van der Waals surface area contributed by atoms with Gasteiger partial charge in [-0.1, -0.05) is 0 Å². The van der Waals surface area contributed by atoms with Crippen LogP contribution in [0.15, 0.2) is 30.6 Å². The number of fused-ring (bicyclic) bond motifs is 3. The summed E-state index contributed by atoms with van der Waals surface area (Å²) in [5.41, 5.74) is 0.155. The predicted octanol–water partition coefficient (Wildman–Crippen LogP) is 4.13. The SMILES string of the molecule is CCOc1nc(N2CCNCC2)nc2c1sc1nc(-c3cccnc3)cc(C(F)(F)F)c12. The van der Waals surface area contributed by atoms with E-state index in [-0.39, 0.29) is 27.3 Å². The Bertz CT molecular complexity index is 1270. The van der Waals surface area contributed by atoms with Crippen LogP contribution in [0, 0.1) is 0 Å². The van der Waals surface area contributed by atoms with Crippen molar-refractivity contribution in [2.75, 3.05) is 37.7 Å². The molecule has 4 aromatic rings. The van der Waals surface area contributed by atoms with E-state index in [0.29, 0.717) is 35.9 Å². The summed E-state index contributed by atoms with van der Waals surface area (Å²) >= 11 is 1.11. The molecule has 5 rings (SSSR count). The third-order valence-corrected chi connectivity index (χ3v) is 6.25. The van der Waals surface area contributed by atoms with Gasteiger partial charge in [0.15, 0.2) is 0 Å². The fourth-order valence-corrected chi connectivity index (χ4v) is 4.81. The maximum Gasteiger partial charge on any atom is 0.417 e. The zero-order valence-corrected chi connectivity index (χ0v) is 17.9. The number of rotatable bonds is 4. The van der Waals surface area contributed by atoms with E-state index >= 15 is 0 Å². The van der Waals surface area contributed by atoms with Gasteiger partial charge in [-0.2, -0.15) is 18.2 Å². The fraction of sp³-hybridized carbons (Fsp3) is 0.333. The highest BCUT2D eigenvalue weighted by Crippen LogP contribution is 2.45. The number of anilines is 1. The summed E-state index contributed by atoms with van der Waals surface area (Å²) in [6, 6.07) is 4.42. The van der Waals surface area contributed by atoms with Gasteiger partial charge < -0.3 is 15.0 Å². The van der Waals surface area contributed by atoms with Crippen molar-refractivity contribution in [3.63, 3.8) is 0 Å². The van der Waals surface area contributed by atoms with Crippen LogP contribution in [-0.4, -0.2) is 52.7 Å². The molecule has 166 valence electrons. The summed E-state index contributed by atoms with van der Waals surface area (Å²) in [6.45, 7) is 4.97. The number of aromatic nitrogens is 4.